The highest BCUT2D eigenvalue weighted by atomic mass is 32.2. The lowest BCUT2D eigenvalue weighted by atomic mass is 9.86. The number of benzene rings is 2. The highest BCUT2D eigenvalue weighted by Crippen LogP contribution is 2.37. The third-order valence-electron chi connectivity index (χ3n) is 6.41. The van der Waals surface area contributed by atoms with E-state index in [9.17, 15) is 41.3 Å². The van der Waals surface area contributed by atoms with E-state index in [4.69, 9.17) is 4.74 Å². The summed E-state index contributed by atoms with van der Waals surface area (Å²) in [7, 11) is -2.91. The van der Waals surface area contributed by atoms with Gasteiger partial charge in [0.05, 0.1) is 27.5 Å². The molecule has 0 radical (unpaired) electrons. The molecule has 2 amide bonds. The van der Waals surface area contributed by atoms with Crippen LogP contribution >= 0.6 is 0 Å². The Morgan fingerprint density at radius 2 is 1.83 bits per heavy atom. The van der Waals surface area contributed by atoms with Crippen molar-refractivity contribution in [1.82, 2.24) is 9.21 Å². The summed E-state index contributed by atoms with van der Waals surface area (Å²) >= 11 is 0. The number of sulfonamides is 1. The zero-order valence-electron chi connectivity index (χ0n) is 22.7. The predicted octanol–water partition coefficient (Wildman–Crippen LogP) is 4.83. The number of carbonyl (C=O) groups excluding carboxylic acids is 2. The van der Waals surface area contributed by atoms with Crippen molar-refractivity contribution in [3.05, 3.63) is 69.8 Å². The molecule has 0 saturated carbocycles. The molecule has 1 aliphatic rings. The van der Waals surface area contributed by atoms with Crippen molar-refractivity contribution in [2.24, 2.45) is 10.9 Å². The second-order valence-corrected chi connectivity index (χ2v) is 11.7. The molecule has 2 aromatic rings. The van der Waals surface area contributed by atoms with Gasteiger partial charge in [-0.15, -0.1) is 0 Å². The SMILES string of the molecule is CC1=NC(=O)N(CCCN(C)S(=O)(=O)c2ccc(C(F)(F)F)cc2)C(c2cccc([N+](=O)[O-])c2)C1C(=O)OC(C)C. The largest absolute Gasteiger partial charge is 0.462 e. The average molecular weight is 599 g/mol. The lowest BCUT2D eigenvalue weighted by Crippen LogP contribution is -2.48. The Bertz CT molecular complexity index is 1440. The van der Waals surface area contributed by atoms with E-state index in [0.29, 0.717) is 17.7 Å². The molecule has 222 valence electrons. The first-order chi connectivity index (χ1) is 19.0. The van der Waals surface area contributed by atoms with Crippen LogP contribution < -0.4 is 0 Å². The lowest BCUT2D eigenvalue weighted by Gasteiger charge is -2.39. The van der Waals surface area contributed by atoms with Crippen molar-refractivity contribution < 1.29 is 40.8 Å². The van der Waals surface area contributed by atoms with Crippen LogP contribution in [0.1, 0.15) is 44.4 Å². The van der Waals surface area contributed by atoms with Gasteiger partial charge in [0, 0.05) is 38.0 Å². The fraction of sp³-hybridized carbons (Fsp3) is 0.423. The van der Waals surface area contributed by atoms with E-state index in [1.165, 1.54) is 43.1 Å². The van der Waals surface area contributed by atoms with Gasteiger partial charge in [-0.1, -0.05) is 12.1 Å². The summed E-state index contributed by atoms with van der Waals surface area (Å²) in [6.07, 6.45) is -5.06. The molecule has 0 aromatic heterocycles. The number of esters is 1. The number of rotatable bonds is 10. The molecule has 11 nitrogen and oxygen atoms in total. The van der Waals surface area contributed by atoms with Crippen LogP contribution in [0.25, 0.3) is 0 Å². The summed E-state index contributed by atoms with van der Waals surface area (Å²) < 4.78 is 70.8. The Balaban J connectivity index is 1.87. The summed E-state index contributed by atoms with van der Waals surface area (Å²) in [6.45, 7) is 4.53. The topological polar surface area (TPSA) is 139 Å². The van der Waals surface area contributed by atoms with Gasteiger partial charge in [-0.2, -0.15) is 13.2 Å². The van der Waals surface area contributed by atoms with Crippen LogP contribution in [-0.2, 0) is 25.7 Å². The lowest BCUT2D eigenvalue weighted by molar-refractivity contribution is -0.385. The molecule has 0 aliphatic carbocycles. The van der Waals surface area contributed by atoms with Crippen molar-refractivity contribution in [3.8, 4) is 0 Å². The minimum Gasteiger partial charge on any atom is -0.462 e. The molecule has 3 rings (SSSR count). The monoisotopic (exact) mass is 598 g/mol. The molecule has 2 aromatic carbocycles. The van der Waals surface area contributed by atoms with Gasteiger partial charge in [0.1, 0.15) is 5.92 Å². The summed E-state index contributed by atoms with van der Waals surface area (Å²) in [5.74, 6) is -1.76. The highest BCUT2D eigenvalue weighted by Gasteiger charge is 2.43. The number of ether oxygens (including phenoxy) is 1. The second kappa shape index (κ2) is 12.3. The zero-order chi connectivity index (χ0) is 30.7. The Morgan fingerprint density at radius 1 is 1.20 bits per heavy atom. The molecule has 2 atom stereocenters. The predicted molar refractivity (Wildman–Crippen MR) is 142 cm³/mol. The van der Waals surface area contributed by atoms with Crippen LogP contribution in [0, 0.1) is 16.0 Å². The first kappa shape index (κ1) is 31.7. The number of nitrogens with zero attached hydrogens (tertiary/aromatic N) is 4. The number of alkyl halides is 3. The summed E-state index contributed by atoms with van der Waals surface area (Å²) in [5, 5.41) is 11.4. The van der Waals surface area contributed by atoms with Gasteiger partial charge in [-0.3, -0.25) is 14.9 Å². The van der Waals surface area contributed by atoms with Gasteiger partial charge in [-0.05, 0) is 57.0 Å². The third kappa shape index (κ3) is 7.27. The Hall–Kier alpha value is -3.85. The summed E-state index contributed by atoms with van der Waals surface area (Å²) in [5.41, 5.74) is -0.793. The molecule has 0 N–H and O–H groups in total. The standard InChI is InChI=1S/C26H29F3N4O7S/c1-16(2)40-24(34)22-17(3)30-25(35)32(23(22)18-7-5-8-20(15-18)33(36)37)14-6-13-31(4)41(38,39)21-11-9-19(10-12-21)26(27,28)29/h5,7-12,15-16,22-23H,6,13-14H2,1-4H3. The maximum atomic E-state index is 13.1. The number of hydrogen-bond donors (Lipinski definition) is 0. The van der Waals surface area contributed by atoms with Gasteiger partial charge >= 0.3 is 18.2 Å². The number of amides is 2. The number of non-ortho nitro benzene ring substituents is 1. The zero-order valence-corrected chi connectivity index (χ0v) is 23.5. The fourth-order valence-electron chi connectivity index (χ4n) is 4.43. The van der Waals surface area contributed by atoms with E-state index in [0.717, 1.165) is 16.4 Å². The van der Waals surface area contributed by atoms with E-state index in [2.05, 4.69) is 4.99 Å². The second-order valence-electron chi connectivity index (χ2n) is 9.69. The van der Waals surface area contributed by atoms with Crippen LogP contribution in [0.15, 0.2) is 58.4 Å². The van der Waals surface area contributed by atoms with Crippen molar-refractivity contribution >= 4 is 33.4 Å². The number of urea groups is 1. The maximum absolute atomic E-state index is 13.1. The average Bonchev–Trinajstić information content (AvgIpc) is 2.88. The Kier molecular flexibility index (Phi) is 9.54. The molecule has 0 saturated heterocycles. The number of halogens is 3. The number of aliphatic imine (C=N–C) groups is 1. The van der Waals surface area contributed by atoms with Gasteiger partial charge in [0.2, 0.25) is 10.0 Å². The van der Waals surface area contributed by atoms with Gasteiger partial charge in [-0.25, -0.2) is 22.5 Å². The molecular formula is C26H29F3N4O7S. The van der Waals surface area contributed by atoms with Crippen LogP contribution in [0.5, 0.6) is 0 Å². The summed E-state index contributed by atoms with van der Waals surface area (Å²) in [4.78, 5) is 41.8. The molecular weight excluding hydrogens is 569 g/mol. The smallest absolute Gasteiger partial charge is 0.416 e. The fourth-order valence-corrected chi connectivity index (χ4v) is 5.64. The molecule has 0 fully saturated rings. The van der Waals surface area contributed by atoms with E-state index in [1.807, 2.05) is 0 Å². The van der Waals surface area contributed by atoms with Crippen LogP contribution in [0.4, 0.5) is 23.7 Å². The Morgan fingerprint density at radius 3 is 2.39 bits per heavy atom. The van der Waals surface area contributed by atoms with Gasteiger partial charge in [0.15, 0.2) is 0 Å². The number of carbonyl (C=O) groups is 2. The van der Waals surface area contributed by atoms with Crippen LogP contribution in [0.3, 0.4) is 0 Å². The van der Waals surface area contributed by atoms with Crippen molar-refractivity contribution in [2.45, 2.75) is 50.4 Å². The van der Waals surface area contributed by atoms with E-state index >= 15 is 0 Å². The molecule has 0 bridgehead atoms. The maximum Gasteiger partial charge on any atom is 0.416 e. The number of nitro groups is 1. The van der Waals surface area contributed by atoms with Crippen molar-refractivity contribution in [1.29, 1.82) is 0 Å². The molecule has 1 heterocycles. The van der Waals surface area contributed by atoms with Crippen molar-refractivity contribution in [3.63, 3.8) is 0 Å². The van der Waals surface area contributed by atoms with Crippen LogP contribution in [-0.4, -0.2) is 66.5 Å². The quantitative estimate of drug-likeness (QED) is 0.217. The van der Waals surface area contributed by atoms with Gasteiger partial charge < -0.3 is 9.64 Å². The molecule has 15 heteroatoms. The Labute approximate surface area is 234 Å². The molecule has 2 unspecified atom stereocenters. The number of hydrogen-bond acceptors (Lipinski definition) is 7. The van der Waals surface area contributed by atoms with Crippen molar-refractivity contribution in [2.75, 3.05) is 20.1 Å². The first-order valence-corrected chi connectivity index (χ1v) is 13.9. The first-order valence-electron chi connectivity index (χ1n) is 12.5. The van der Waals surface area contributed by atoms with E-state index in [1.54, 1.807) is 13.8 Å². The minimum absolute atomic E-state index is 0.0497. The molecule has 1 aliphatic heterocycles. The van der Waals surface area contributed by atoms with Crippen LogP contribution in [0.2, 0.25) is 0 Å². The molecule has 41 heavy (non-hydrogen) atoms. The molecule has 0 spiro atoms. The van der Waals surface area contributed by atoms with E-state index in [-0.39, 0.29) is 35.8 Å². The summed E-state index contributed by atoms with van der Waals surface area (Å²) in [6, 6.07) is 6.81. The minimum atomic E-state index is -4.62. The van der Waals surface area contributed by atoms with E-state index < -0.39 is 56.8 Å². The normalized spacial score (nSPS) is 18.0. The highest BCUT2D eigenvalue weighted by molar-refractivity contribution is 7.89. The van der Waals surface area contributed by atoms with Gasteiger partial charge in [0.25, 0.3) is 5.69 Å². The number of nitro benzene ring substituents is 1. The third-order valence-corrected chi connectivity index (χ3v) is 8.28.